The monoisotopic (exact) mass is 381 g/mol. The highest BCUT2D eigenvalue weighted by Crippen LogP contribution is 2.34. The summed E-state index contributed by atoms with van der Waals surface area (Å²) in [5.41, 5.74) is 4.02. The molecule has 2 fully saturated rings. The number of nitrogens with zero attached hydrogens (tertiary/aromatic N) is 1. The Balaban J connectivity index is 1.40. The van der Waals surface area contributed by atoms with Crippen LogP contribution in [0.15, 0.2) is 54.1 Å². The largest absolute Gasteiger partial charge is 0.489 e. The van der Waals surface area contributed by atoms with Gasteiger partial charge in [-0.3, -0.25) is 4.90 Å². The van der Waals surface area contributed by atoms with E-state index in [1.165, 1.54) is 44.2 Å². The summed E-state index contributed by atoms with van der Waals surface area (Å²) in [6.07, 6.45) is 9.01. The summed E-state index contributed by atoms with van der Waals surface area (Å²) in [4.78, 5) is 2.69. The summed E-state index contributed by atoms with van der Waals surface area (Å²) in [7, 11) is 0. The van der Waals surface area contributed by atoms with E-state index in [0.29, 0.717) is 12.6 Å². The molecule has 0 N–H and O–H groups in total. The first kappa shape index (κ1) is 18.6. The molecule has 142 valence electrons. The third kappa shape index (κ3) is 4.56. The van der Waals surface area contributed by atoms with Gasteiger partial charge < -0.3 is 4.74 Å². The van der Waals surface area contributed by atoms with Gasteiger partial charge in [0.15, 0.2) is 0 Å². The Bertz CT molecular complexity index is 781. The van der Waals surface area contributed by atoms with Crippen molar-refractivity contribution in [3.8, 4) is 5.75 Å². The van der Waals surface area contributed by atoms with Gasteiger partial charge in [-0.15, -0.1) is 0 Å². The van der Waals surface area contributed by atoms with Crippen LogP contribution in [0.25, 0.3) is 6.08 Å². The van der Waals surface area contributed by atoms with Crippen molar-refractivity contribution in [2.45, 2.75) is 57.7 Å². The van der Waals surface area contributed by atoms with E-state index in [1.807, 2.05) is 24.3 Å². The maximum atomic E-state index is 5.93. The molecule has 2 aliphatic rings. The first-order chi connectivity index (χ1) is 13.2. The van der Waals surface area contributed by atoms with Crippen LogP contribution in [0.1, 0.15) is 50.2 Å². The van der Waals surface area contributed by atoms with Gasteiger partial charge in [0.2, 0.25) is 0 Å². The first-order valence-electron chi connectivity index (χ1n) is 10.1. The van der Waals surface area contributed by atoms with Crippen LogP contribution in [0, 0.1) is 0 Å². The van der Waals surface area contributed by atoms with E-state index in [9.17, 15) is 0 Å². The SMILES string of the molecule is CC1CCN1C1CCCCC1=Cc1ccc(OCc2ccc(Cl)cc2)cc1. The van der Waals surface area contributed by atoms with Gasteiger partial charge >= 0.3 is 0 Å². The third-order valence-electron chi connectivity index (χ3n) is 5.94. The summed E-state index contributed by atoms with van der Waals surface area (Å²) in [5, 5.41) is 0.754. The lowest BCUT2D eigenvalue weighted by molar-refractivity contribution is 0.0577. The molecule has 2 nitrogen and oxygen atoms in total. The normalized spacial score (nSPS) is 24.6. The van der Waals surface area contributed by atoms with Crippen LogP contribution in [0.2, 0.25) is 5.02 Å². The third-order valence-corrected chi connectivity index (χ3v) is 6.20. The summed E-state index contributed by atoms with van der Waals surface area (Å²) in [6, 6.07) is 17.7. The van der Waals surface area contributed by atoms with Crippen molar-refractivity contribution < 1.29 is 4.74 Å². The highest BCUT2D eigenvalue weighted by molar-refractivity contribution is 6.30. The molecule has 2 aromatic rings. The quantitative estimate of drug-likeness (QED) is 0.599. The van der Waals surface area contributed by atoms with Crippen LogP contribution in [0.3, 0.4) is 0 Å². The van der Waals surface area contributed by atoms with Crippen molar-refractivity contribution in [2.75, 3.05) is 6.54 Å². The molecule has 1 aliphatic carbocycles. The van der Waals surface area contributed by atoms with Gasteiger partial charge in [-0.2, -0.15) is 0 Å². The zero-order chi connectivity index (χ0) is 18.6. The van der Waals surface area contributed by atoms with E-state index < -0.39 is 0 Å². The van der Waals surface area contributed by atoms with Crippen molar-refractivity contribution in [2.24, 2.45) is 0 Å². The summed E-state index contributed by atoms with van der Waals surface area (Å²) >= 11 is 5.93. The van der Waals surface area contributed by atoms with E-state index in [2.05, 4.69) is 42.2 Å². The minimum atomic E-state index is 0.562. The molecule has 0 spiro atoms. The van der Waals surface area contributed by atoms with Gasteiger partial charge in [-0.25, -0.2) is 0 Å². The van der Waals surface area contributed by atoms with Crippen LogP contribution < -0.4 is 4.74 Å². The molecule has 0 radical (unpaired) electrons. The average molecular weight is 382 g/mol. The van der Waals surface area contributed by atoms with E-state index in [0.717, 1.165) is 22.4 Å². The number of hydrogen-bond donors (Lipinski definition) is 0. The average Bonchev–Trinajstić information content (AvgIpc) is 2.69. The molecule has 2 unspecified atom stereocenters. The Labute approximate surface area is 167 Å². The van der Waals surface area contributed by atoms with Crippen molar-refractivity contribution in [3.63, 3.8) is 0 Å². The lowest BCUT2D eigenvalue weighted by Crippen LogP contribution is -2.52. The topological polar surface area (TPSA) is 12.5 Å². The van der Waals surface area contributed by atoms with Crippen molar-refractivity contribution in [1.29, 1.82) is 0 Å². The minimum absolute atomic E-state index is 0.562. The molecule has 27 heavy (non-hydrogen) atoms. The van der Waals surface area contributed by atoms with Gasteiger partial charge in [0.05, 0.1) is 0 Å². The first-order valence-corrected chi connectivity index (χ1v) is 10.5. The zero-order valence-electron chi connectivity index (χ0n) is 16.0. The molecular weight excluding hydrogens is 354 g/mol. The molecule has 1 saturated heterocycles. The number of benzene rings is 2. The molecule has 1 saturated carbocycles. The van der Waals surface area contributed by atoms with Crippen molar-refractivity contribution in [1.82, 2.24) is 4.90 Å². The maximum Gasteiger partial charge on any atom is 0.119 e. The standard InChI is InChI=1S/C24H28ClNO/c1-18-14-15-26(18)24-5-3-2-4-21(24)16-19-8-12-23(13-9-19)27-17-20-6-10-22(25)11-7-20/h6-13,16,18,24H,2-5,14-15,17H2,1H3. The molecular formula is C24H28ClNO. The molecule has 0 amide bonds. The van der Waals surface area contributed by atoms with Crippen LogP contribution in [0.4, 0.5) is 0 Å². The molecule has 1 heterocycles. The second-order valence-electron chi connectivity index (χ2n) is 7.84. The minimum Gasteiger partial charge on any atom is -0.489 e. The van der Waals surface area contributed by atoms with Crippen molar-refractivity contribution >= 4 is 17.7 Å². The molecule has 0 bridgehead atoms. The predicted molar refractivity (Wildman–Crippen MR) is 113 cm³/mol. The fourth-order valence-corrected chi connectivity index (χ4v) is 4.31. The van der Waals surface area contributed by atoms with Gasteiger partial charge in [0, 0.05) is 23.7 Å². The van der Waals surface area contributed by atoms with E-state index in [1.54, 1.807) is 5.57 Å². The number of hydrogen-bond acceptors (Lipinski definition) is 2. The molecule has 2 atom stereocenters. The van der Waals surface area contributed by atoms with Crippen LogP contribution >= 0.6 is 11.6 Å². The van der Waals surface area contributed by atoms with Gasteiger partial charge in [-0.05, 0) is 68.0 Å². The Kier molecular flexibility index (Phi) is 5.85. The number of ether oxygens (including phenoxy) is 1. The number of halogens is 1. The van der Waals surface area contributed by atoms with Crippen molar-refractivity contribution in [3.05, 3.63) is 70.3 Å². The van der Waals surface area contributed by atoms with Gasteiger partial charge in [0.25, 0.3) is 0 Å². The van der Waals surface area contributed by atoms with Gasteiger partial charge in [-0.1, -0.05) is 53.9 Å². The summed E-state index contributed by atoms with van der Waals surface area (Å²) in [5.74, 6) is 0.906. The number of likely N-dealkylation sites (tertiary alicyclic amines) is 1. The second-order valence-corrected chi connectivity index (χ2v) is 8.28. The fraction of sp³-hybridized carbons (Fsp3) is 0.417. The van der Waals surface area contributed by atoms with E-state index in [4.69, 9.17) is 16.3 Å². The lowest BCUT2D eigenvalue weighted by Gasteiger charge is -2.47. The van der Waals surface area contributed by atoms with Gasteiger partial charge in [0.1, 0.15) is 12.4 Å². The van der Waals surface area contributed by atoms with Crippen LogP contribution in [0.5, 0.6) is 5.75 Å². The van der Waals surface area contributed by atoms with E-state index >= 15 is 0 Å². The predicted octanol–water partition coefficient (Wildman–Crippen LogP) is 6.34. The highest BCUT2D eigenvalue weighted by Gasteiger charge is 2.33. The van der Waals surface area contributed by atoms with Crippen LogP contribution in [-0.2, 0) is 6.61 Å². The Morgan fingerprint density at radius 3 is 2.48 bits per heavy atom. The molecule has 2 aromatic carbocycles. The summed E-state index contributed by atoms with van der Waals surface area (Å²) < 4.78 is 5.90. The zero-order valence-corrected chi connectivity index (χ0v) is 16.8. The molecule has 3 heteroatoms. The highest BCUT2D eigenvalue weighted by atomic mass is 35.5. The Morgan fingerprint density at radius 1 is 1.04 bits per heavy atom. The Hall–Kier alpha value is -1.77. The molecule has 4 rings (SSSR count). The maximum absolute atomic E-state index is 5.93. The fourth-order valence-electron chi connectivity index (χ4n) is 4.19. The molecule has 1 aliphatic heterocycles. The smallest absolute Gasteiger partial charge is 0.119 e. The summed E-state index contributed by atoms with van der Waals surface area (Å²) in [6.45, 7) is 4.19. The lowest BCUT2D eigenvalue weighted by atomic mass is 9.84. The Morgan fingerprint density at radius 2 is 1.81 bits per heavy atom. The molecule has 0 aromatic heterocycles. The van der Waals surface area contributed by atoms with E-state index in [-0.39, 0.29) is 0 Å². The second kappa shape index (κ2) is 8.50. The number of rotatable bonds is 5. The van der Waals surface area contributed by atoms with Crippen LogP contribution in [-0.4, -0.2) is 23.5 Å².